The van der Waals surface area contributed by atoms with Crippen molar-refractivity contribution in [2.75, 3.05) is 18.1 Å². The highest BCUT2D eigenvalue weighted by Crippen LogP contribution is 2.32. The van der Waals surface area contributed by atoms with Crippen molar-refractivity contribution in [1.82, 2.24) is 24.6 Å². The first kappa shape index (κ1) is 26.7. The minimum atomic E-state index is -4.61. The van der Waals surface area contributed by atoms with Crippen LogP contribution in [0.4, 0.5) is 29.1 Å². The van der Waals surface area contributed by atoms with Crippen LogP contribution in [0.15, 0.2) is 30.7 Å². The number of anilines is 2. The van der Waals surface area contributed by atoms with Crippen LogP contribution in [0, 0.1) is 12.7 Å². The van der Waals surface area contributed by atoms with Crippen LogP contribution in [0.1, 0.15) is 22.8 Å². The number of benzene rings is 1. The van der Waals surface area contributed by atoms with Gasteiger partial charge in [0.15, 0.2) is 11.9 Å². The van der Waals surface area contributed by atoms with Gasteiger partial charge in [0.2, 0.25) is 0 Å². The van der Waals surface area contributed by atoms with Crippen molar-refractivity contribution in [3.05, 3.63) is 47.7 Å². The molecule has 0 bridgehead atoms. The number of hydrogen-bond acceptors (Lipinski definition) is 7. The van der Waals surface area contributed by atoms with Crippen LogP contribution in [-0.2, 0) is 14.5 Å². The number of rotatable bonds is 8. The number of fused-ring (bicyclic) bond motifs is 1. The number of alkyl halides is 3. The largest absolute Gasteiger partial charge is 0.479 e. The molecule has 194 valence electrons. The molecule has 10 nitrogen and oxygen atoms in total. The molecule has 2 unspecified atom stereocenters. The van der Waals surface area contributed by atoms with E-state index in [1.54, 1.807) is 12.2 Å². The van der Waals surface area contributed by atoms with Crippen LogP contribution in [-0.4, -0.2) is 61.6 Å². The van der Waals surface area contributed by atoms with E-state index in [4.69, 9.17) is 4.74 Å². The molecular formula is C21H22F4N6O4S. The van der Waals surface area contributed by atoms with E-state index < -0.39 is 46.2 Å². The molecule has 0 radical (unpaired) electrons. The molecule has 3 N–H and O–H groups in total. The van der Waals surface area contributed by atoms with Gasteiger partial charge >= 0.3 is 6.18 Å². The summed E-state index contributed by atoms with van der Waals surface area (Å²) < 4.78 is 72.0. The third-order valence-electron chi connectivity index (χ3n) is 4.71. The third-order valence-corrected chi connectivity index (χ3v) is 5.33. The molecule has 0 saturated heterocycles. The number of carbonyl (C=O) groups is 2. The second-order valence-electron chi connectivity index (χ2n) is 7.86. The molecule has 2 atom stereocenters. The molecule has 3 rings (SSSR count). The summed E-state index contributed by atoms with van der Waals surface area (Å²) in [7, 11) is -2.83. The minimum Gasteiger partial charge on any atom is -0.479 e. The molecule has 0 aliphatic carbocycles. The van der Waals surface area contributed by atoms with Crippen LogP contribution in [0.2, 0.25) is 0 Å². The van der Waals surface area contributed by atoms with Gasteiger partial charge in [-0.1, -0.05) is 0 Å². The number of aromatic nitrogens is 3. The molecule has 0 saturated carbocycles. The van der Waals surface area contributed by atoms with Crippen molar-refractivity contribution in [3.8, 4) is 5.75 Å². The van der Waals surface area contributed by atoms with E-state index in [1.807, 2.05) is 0 Å². The van der Waals surface area contributed by atoms with Gasteiger partial charge in [0.05, 0.1) is 11.3 Å². The summed E-state index contributed by atoms with van der Waals surface area (Å²) >= 11 is 0. The maximum atomic E-state index is 13.9. The topological polar surface area (TPSA) is 127 Å². The molecule has 2 amide bonds. The second-order valence-corrected chi connectivity index (χ2v) is 10.1. The number of nitrogens with zero attached hydrogens (tertiary/aromatic N) is 3. The van der Waals surface area contributed by atoms with E-state index in [0.717, 1.165) is 12.1 Å². The number of hydrogen-bond donors (Lipinski definition) is 3. The Morgan fingerprint density at radius 1 is 1.31 bits per heavy atom. The molecule has 0 fully saturated rings. The lowest BCUT2D eigenvalue weighted by Gasteiger charge is -2.18. The Kier molecular flexibility index (Phi) is 7.43. The first-order valence-electron chi connectivity index (χ1n) is 10.2. The van der Waals surface area contributed by atoms with Crippen molar-refractivity contribution in [2.45, 2.75) is 26.1 Å². The third kappa shape index (κ3) is 6.62. The monoisotopic (exact) mass is 530 g/mol. The van der Waals surface area contributed by atoms with Gasteiger partial charge in [0.25, 0.3) is 11.8 Å². The van der Waals surface area contributed by atoms with Gasteiger partial charge in [-0.05, 0) is 37.4 Å². The Morgan fingerprint density at radius 3 is 2.64 bits per heavy atom. The Labute approximate surface area is 203 Å². The van der Waals surface area contributed by atoms with Crippen molar-refractivity contribution in [3.63, 3.8) is 0 Å². The molecule has 36 heavy (non-hydrogen) atoms. The predicted octanol–water partition coefficient (Wildman–Crippen LogP) is 2.36. The lowest BCUT2D eigenvalue weighted by atomic mass is 10.2. The highest BCUT2D eigenvalue weighted by Gasteiger charge is 2.29. The lowest BCUT2D eigenvalue weighted by Crippen LogP contribution is -2.41. The van der Waals surface area contributed by atoms with Crippen molar-refractivity contribution >= 4 is 44.4 Å². The van der Waals surface area contributed by atoms with E-state index >= 15 is 0 Å². The van der Waals surface area contributed by atoms with E-state index in [0.29, 0.717) is 11.1 Å². The number of ether oxygens (including phenoxy) is 1. The molecule has 15 heteroatoms. The highest BCUT2D eigenvalue weighted by molar-refractivity contribution is 7.98. The first-order valence-corrected chi connectivity index (χ1v) is 12.3. The van der Waals surface area contributed by atoms with Crippen LogP contribution in [0.3, 0.4) is 0 Å². The van der Waals surface area contributed by atoms with Crippen LogP contribution >= 0.6 is 0 Å². The van der Waals surface area contributed by atoms with Gasteiger partial charge in [0, 0.05) is 28.2 Å². The smallest absolute Gasteiger partial charge is 0.405 e. The molecule has 0 spiro atoms. The molecule has 2 heterocycles. The van der Waals surface area contributed by atoms with E-state index in [1.165, 1.54) is 36.3 Å². The molecule has 2 aromatic heterocycles. The van der Waals surface area contributed by atoms with Crippen LogP contribution in [0.25, 0.3) is 5.52 Å². The zero-order chi connectivity index (χ0) is 26.8. The van der Waals surface area contributed by atoms with Gasteiger partial charge < -0.3 is 15.4 Å². The van der Waals surface area contributed by atoms with Crippen LogP contribution in [0.5, 0.6) is 5.75 Å². The van der Waals surface area contributed by atoms with Gasteiger partial charge in [-0.15, -0.1) is 0 Å². The second kappa shape index (κ2) is 10.0. The average molecular weight is 531 g/mol. The fraction of sp³-hybridized carbons (Fsp3) is 0.286. The highest BCUT2D eigenvalue weighted by atomic mass is 32.2. The summed E-state index contributed by atoms with van der Waals surface area (Å²) in [6, 6.07) is 3.33. The van der Waals surface area contributed by atoms with Gasteiger partial charge in [-0.3, -0.25) is 14.3 Å². The fourth-order valence-corrected chi connectivity index (χ4v) is 3.63. The SMILES string of the molecule is C=S(C)(=O)NC(=O)c1cn2ncnc(Nc3ccc(F)cc3OC(C)C(=O)NCC(F)(F)F)c2c1C. The summed E-state index contributed by atoms with van der Waals surface area (Å²) in [4.78, 5) is 28.7. The van der Waals surface area contributed by atoms with Gasteiger partial charge in [-0.25, -0.2) is 18.1 Å². The molecule has 0 aliphatic rings. The summed E-state index contributed by atoms with van der Waals surface area (Å²) in [6.45, 7) is 1.27. The Morgan fingerprint density at radius 2 is 2.00 bits per heavy atom. The zero-order valence-corrected chi connectivity index (χ0v) is 20.1. The number of nitrogens with one attached hydrogen (secondary N) is 3. The molecule has 0 aliphatic heterocycles. The summed E-state index contributed by atoms with van der Waals surface area (Å²) in [5.74, 6) is 0.963. The summed E-state index contributed by atoms with van der Waals surface area (Å²) in [6.07, 6.45) is -2.16. The van der Waals surface area contributed by atoms with Crippen LogP contribution < -0.4 is 20.1 Å². The predicted molar refractivity (Wildman–Crippen MR) is 125 cm³/mol. The summed E-state index contributed by atoms with van der Waals surface area (Å²) in [5, 5.41) is 8.66. The molecule has 1 aromatic carbocycles. The van der Waals surface area contributed by atoms with Crippen molar-refractivity contribution in [1.29, 1.82) is 0 Å². The normalized spacial score (nSPS) is 14.1. The number of carbonyl (C=O) groups excluding carboxylic acids is 2. The Hall–Kier alpha value is -3.88. The quantitative estimate of drug-likeness (QED) is 0.302. The maximum absolute atomic E-state index is 13.9. The number of aryl methyl sites for hydroxylation is 1. The van der Waals surface area contributed by atoms with E-state index in [2.05, 4.69) is 26.0 Å². The Bertz CT molecular complexity index is 1420. The maximum Gasteiger partial charge on any atom is 0.405 e. The number of halogens is 4. The van der Waals surface area contributed by atoms with Crippen molar-refractivity contribution in [2.24, 2.45) is 0 Å². The average Bonchev–Trinajstić information content (AvgIpc) is 3.10. The first-order chi connectivity index (χ1) is 16.6. The fourth-order valence-electron chi connectivity index (χ4n) is 3.13. The summed E-state index contributed by atoms with van der Waals surface area (Å²) in [5.41, 5.74) is 1.06. The van der Waals surface area contributed by atoms with Gasteiger partial charge in [0.1, 0.15) is 30.0 Å². The van der Waals surface area contributed by atoms with E-state index in [9.17, 15) is 31.4 Å². The minimum absolute atomic E-state index is 0.133. The van der Waals surface area contributed by atoms with E-state index in [-0.39, 0.29) is 22.8 Å². The molecule has 3 aromatic rings. The van der Waals surface area contributed by atoms with Crippen molar-refractivity contribution < 1.29 is 36.1 Å². The standard InChI is InChI=1S/C21H22F4N6O4S/c1-11-14(20(33)30-36(3,4)34)8-31-17(11)18(27-10-28-31)29-15-6-5-13(22)7-16(15)35-12(2)19(32)26-9-21(23,24)25/h5-8,10,12H,3,9H2,1-2,4H3,(H,26,32)(H,27,28,29)(H,30,33,34). The van der Waals surface area contributed by atoms with Gasteiger partial charge in [-0.2, -0.15) is 18.3 Å². The zero-order valence-electron chi connectivity index (χ0n) is 19.3. The number of amides is 2. The Balaban J connectivity index is 1.91. The molecular weight excluding hydrogens is 508 g/mol. The lowest BCUT2D eigenvalue weighted by molar-refractivity contribution is -0.142.